The second-order valence-corrected chi connectivity index (χ2v) is 9.73. The van der Waals surface area contributed by atoms with E-state index in [9.17, 15) is 14.7 Å². The quantitative estimate of drug-likeness (QED) is 0.249. The predicted molar refractivity (Wildman–Crippen MR) is 145 cm³/mol. The minimum atomic E-state index is -1.31. The third-order valence-electron chi connectivity index (χ3n) is 6.35. The Hall–Kier alpha value is -3.10. The summed E-state index contributed by atoms with van der Waals surface area (Å²) in [6.07, 6.45) is 1.45. The fourth-order valence-electron chi connectivity index (χ4n) is 4.52. The van der Waals surface area contributed by atoms with E-state index in [1.54, 1.807) is 36.4 Å². The first kappa shape index (κ1) is 26.9. The molecule has 9 heteroatoms. The number of fused-ring (bicyclic) bond motifs is 1. The van der Waals surface area contributed by atoms with E-state index in [-0.39, 0.29) is 19.1 Å². The second kappa shape index (κ2) is 12.4. The van der Waals surface area contributed by atoms with Gasteiger partial charge in [-0.05, 0) is 42.7 Å². The molecule has 3 aromatic carbocycles. The van der Waals surface area contributed by atoms with Crippen LogP contribution in [0.5, 0.6) is 0 Å². The molecule has 1 unspecified atom stereocenters. The highest BCUT2D eigenvalue weighted by atomic mass is 35.5. The number of unbranched alkanes of at least 4 members (excludes halogenated alkanes) is 1. The van der Waals surface area contributed by atoms with Crippen LogP contribution in [0.15, 0.2) is 72.8 Å². The first-order chi connectivity index (χ1) is 17.9. The van der Waals surface area contributed by atoms with Gasteiger partial charge < -0.3 is 20.5 Å². The van der Waals surface area contributed by atoms with E-state index >= 15 is 0 Å². The number of anilines is 1. The highest BCUT2D eigenvalue weighted by molar-refractivity contribution is 6.32. The number of halogens is 2. The molecule has 37 heavy (non-hydrogen) atoms. The Bertz CT molecular complexity index is 1240. The van der Waals surface area contributed by atoms with Crippen LogP contribution in [0.4, 0.5) is 10.5 Å². The minimum absolute atomic E-state index is 0.193. The van der Waals surface area contributed by atoms with Crippen LogP contribution in [0.3, 0.4) is 0 Å². The molecule has 0 bridgehead atoms. The highest BCUT2D eigenvalue weighted by Gasteiger charge is 2.50. The first-order valence-electron chi connectivity index (χ1n) is 12.1. The van der Waals surface area contributed by atoms with Gasteiger partial charge in [0.25, 0.3) is 5.91 Å². The van der Waals surface area contributed by atoms with Gasteiger partial charge in [0, 0.05) is 39.4 Å². The van der Waals surface area contributed by atoms with E-state index in [1.165, 1.54) is 0 Å². The van der Waals surface area contributed by atoms with Crippen molar-refractivity contribution in [2.45, 2.75) is 37.5 Å². The van der Waals surface area contributed by atoms with Gasteiger partial charge in [0.15, 0.2) is 5.54 Å². The van der Waals surface area contributed by atoms with Gasteiger partial charge in [-0.3, -0.25) is 10.1 Å². The molecule has 0 saturated carbocycles. The molecule has 0 fully saturated rings. The summed E-state index contributed by atoms with van der Waals surface area (Å²) >= 11 is 12.9. The molecule has 2 atom stereocenters. The lowest BCUT2D eigenvalue weighted by Gasteiger charge is -2.34. The number of nitrogens with one attached hydrogen (secondary N) is 3. The number of carbonyl (C=O) groups is 2. The summed E-state index contributed by atoms with van der Waals surface area (Å²) in [5, 5.41) is 20.2. The Morgan fingerprint density at radius 2 is 1.76 bits per heavy atom. The first-order valence-corrected chi connectivity index (χ1v) is 12.9. The number of hydrogen-bond acceptors (Lipinski definition) is 5. The maximum atomic E-state index is 13.5. The average molecular weight is 542 g/mol. The van der Waals surface area contributed by atoms with Gasteiger partial charge in [0.2, 0.25) is 0 Å². The van der Waals surface area contributed by atoms with Crippen LogP contribution < -0.4 is 16.0 Å². The van der Waals surface area contributed by atoms with Crippen LogP contribution in [0.2, 0.25) is 10.0 Å². The monoisotopic (exact) mass is 541 g/mol. The molecule has 2 amide bonds. The smallest absolute Gasteiger partial charge is 0.407 e. The predicted octanol–water partition coefficient (Wildman–Crippen LogP) is 5.24. The van der Waals surface area contributed by atoms with Crippen LogP contribution >= 0.6 is 23.2 Å². The molecular weight excluding hydrogens is 513 g/mol. The number of hydrogen-bond donors (Lipinski definition) is 4. The molecule has 0 radical (unpaired) electrons. The molecule has 1 aliphatic heterocycles. The standard InChI is InChI=1S/C28H29Cl2N3O4/c29-20-13-14-25-23(16-20)28(26(35)32-25,22-11-4-5-12-24(22)30)33-21(17-34)10-6-7-15-31-27(36)37-18-19-8-2-1-3-9-19/h1-5,8-9,11-14,16,21,33-34H,6-7,10,15,17-18H2,(H,31,36)(H,32,35)/t21-,28?/m0/s1. The summed E-state index contributed by atoms with van der Waals surface area (Å²) in [5.41, 5.74) is 1.47. The fourth-order valence-corrected chi connectivity index (χ4v) is 4.97. The van der Waals surface area contributed by atoms with Crippen molar-refractivity contribution in [3.63, 3.8) is 0 Å². The number of rotatable bonds is 11. The Labute approximate surface area is 226 Å². The average Bonchev–Trinajstić information content (AvgIpc) is 3.18. The zero-order valence-electron chi connectivity index (χ0n) is 20.2. The molecule has 0 saturated heterocycles. The molecule has 7 nitrogen and oxygen atoms in total. The summed E-state index contributed by atoms with van der Waals surface area (Å²) in [7, 11) is 0. The Morgan fingerprint density at radius 3 is 2.51 bits per heavy atom. The summed E-state index contributed by atoms with van der Waals surface area (Å²) in [4.78, 5) is 25.4. The van der Waals surface area contributed by atoms with Crippen molar-refractivity contribution in [1.82, 2.24) is 10.6 Å². The SMILES string of the molecule is O=C(NCCCC[C@@H](CO)NC1(c2ccccc2Cl)C(=O)Nc2ccc(Cl)cc21)OCc1ccccc1. The van der Waals surface area contributed by atoms with Crippen molar-refractivity contribution < 1.29 is 19.4 Å². The Kier molecular flexibility index (Phi) is 9.05. The summed E-state index contributed by atoms with van der Waals surface area (Å²) in [6, 6.07) is 21.4. The molecule has 1 heterocycles. The number of amides is 2. The van der Waals surface area contributed by atoms with Gasteiger partial charge in [-0.2, -0.15) is 0 Å². The van der Waals surface area contributed by atoms with Crippen LogP contribution in [-0.2, 0) is 21.7 Å². The number of ether oxygens (including phenoxy) is 1. The van der Waals surface area contributed by atoms with Crippen molar-refractivity contribution in [1.29, 1.82) is 0 Å². The molecule has 0 aromatic heterocycles. The zero-order chi connectivity index (χ0) is 26.3. The van der Waals surface area contributed by atoms with E-state index in [1.807, 2.05) is 36.4 Å². The normalized spacial score (nSPS) is 17.1. The Morgan fingerprint density at radius 1 is 1.00 bits per heavy atom. The Balaban J connectivity index is 1.38. The van der Waals surface area contributed by atoms with Crippen molar-refractivity contribution in [3.8, 4) is 0 Å². The molecule has 194 valence electrons. The molecule has 0 spiro atoms. The number of alkyl carbamates (subject to hydrolysis) is 1. The minimum Gasteiger partial charge on any atom is -0.445 e. The lowest BCUT2D eigenvalue weighted by atomic mass is 9.82. The number of aliphatic hydroxyl groups excluding tert-OH is 1. The van der Waals surface area contributed by atoms with Gasteiger partial charge in [0.05, 0.1) is 6.61 Å². The molecule has 4 rings (SSSR count). The number of benzene rings is 3. The van der Waals surface area contributed by atoms with E-state index < -0.39 is 17.7 Å². The largest absolute Gasteiger partial charge is 0.445 e. The van der Waals surface area contributed by atoms with Crippen LogP contribution in [0.25, 0.3) is 0 Å². The lowest BCUT2D eigenvalue weighted by Crippen LogP contribution is -2.54. The second-order valence-electron chi connectivity index (χ2n) is 8.88. The lowest BCUT2D eigenvalue weighted by molar-refractivity contribution is -0.121. The summed E-state index contributed by atoms with van der Waals surface area (Å²) in [6.45, 7) is 0.448. The molecule has 3 aromatic rings. The molecule has 0 aliphatic carbocycles. The molecule has 1 aliphatic rings. The van der Waals surface area contributed by atoms with E-state index in [0.717, 1.165) is 5.56 Å². The number of aliphatic hydroxyl groups is 1. The van der Waals surface area contributed by atoms with Crippen molar-refractivity contribution in [2.24, 2.45) is 0 Å². The summed E-state index contributed by atoms with van der Waals surface area (Å²) < 4.78 is 5.22. The van der Waals surface area contributed by atoms with E-state index in [2.05, 4.69) is 16.0 Å². The third-order valence-corrected chi connectivity index (χ3v) is 6.92. The maximum absolute atomic E-state index is 13.5. The van der Waals surface area contributed by atoms with E-state index in [4.69, 9.17) is 27.9 Å². The zero-order valence-corrected chi connectivity index (χ0v) is 21.7. The fraction of sp³-hybridized carbons (Fsp3) is 0.286. The van der Waals surface area contributed by atoms with Crippen LogP contribution in [0, 0.1) is 0 Å². The maximum Gasteiger partial charge on any atom is 0.407 e. The van der Waals surface area contributed by atoms with Gasteiger partial charge in [0.1, 0.15) is 6.61 Å². The summed E-state index contributed by atoms with van der Waals surface area (Å²) in [5.74, 6) is -0.292. The topological polar surface area (TPSA) is 99.7 Å². The van der Waals surface area contributed by atoms with E-state index in [0.29, 0.717) is 52.7 Å². The highest BCUT2D eigenvalue weighted by Crippen LogP contribution is 2.44. The molecular formula is C28H29Cl2N3O4. The van der Waals surface area contributed by atoms with Crippen LogP contribution in [0.1, 0.15) is 36.0 Å². The van der Waals surface area contributed by atoms with Gasteiger partial charge in [-0.15, -0.1) is 0 Å². The third kappa shape index (κ3) is 6.25. The number of carbonyl (C=O) groups excluding carboxylic acids is 2. The van der Waals surface area contributed by atoms with Crippen molar-refractivity contribution >= 4 is 40.9 Å². The molecule has 4 N–H and O–H groups in total. The van der Waals surface area contributed by atoms with Gasteiger partial charge in [-0.25, -0.2) is 4.79 Å². The van der Waals surface area contributed by atoms with Gasteiger partial charge >= 0.3 is 6.09 Å². The van der Waals surface area contributed by atoms with Crippen molar-refractivity contribution in [2.75, 3.05) is 18.5 Å². The van der Waals surface area contributed by atoms with Crippen molar-refractivity contribution in [3.05, 3.63) is 99.5 Å². The van der Waals surface area contributed by atoms with Crippen LogP contribution in [-0.4, -0.2) is 36.3 Å². The van der Waals surface area contributed by atoms with Gasteiger partial charge in [-0.1, -0.05) is 78.2 Å².